The van der Waals surface area contributed by atoms with Gasteiger partial charge in [0.05, 0.1) is 12.5 Å². The van der Waals surface area contributed by atoms with Crippen molar-refractivity contribution in [3.63, 3.8) is 0 Å². The van der Waals surface area contributed by atoms with Crippen LogP contribution < -0.4 is 0 Å². The van der Waals surface area contributed by atoms with E-state index in [-0.39, 0.29) is 0 Å². The van der Waals surface area contributed by atoms with Crippen LogP contribution in [-0.2, 0) is 20.9 Å². The summed E-state index contributed by atoms with van der Waals surface area (Å²) in [7, 11) is 0. The summed E-state index contributed by atoms with van der Waals surface area (Å²) in [5.41, 5.74) is 0. The molecule has 0 aliphatic heterocycles. The average Bonchev–Trinajstić information content (AvgIpc) is 1.97. The summed E-state index contributed by atoms with van der Waals surface area (Å²) in [5, 5.41) is 0. The van der Waals surface area contributed by atoms with Gasteiger partial charge < -0.3 is 9.05 Å². The molecule has 0 N–H and O–H groups in total. The number of halogens is 3. The van der Waals surface area contributed by atoms with Gasteiger partial charge in [0.25, 0.3) is 0 Å². The molecule has 0 fully saturated rings. The fourth-order valence-electron chi connectivity index (χ4n) is 0.216. The summed E-state index contributed by atoms with van der Waals surface area (Å²) in [4.78, 5) is 3.00. The lowest BCUT2D eigenvalue weighted by Gasteiger charge is -2.09. The maximum atomic E-state index is 5.63. The maximum Gasteiger partial charge on any atom is 0.383 e. The second-order valence-electron chi connectivity index (χ2n) is 1.17. The van der Waals surface area contributed by atoms with E-state index in [1.807, 2.05) is 0 Å². The molecule has 0 unspecified atom stereocenters. The Balaban J connectivity index is 3.90. The molecular weight excluding hydrogens is 338 g/mol. The molecule has 11 heavy (non-hydrogen) atoms. The van der Waals surface area contributed by atoms with Gasteiger partial charge in [0.2, 0.25) is 0 Å². The smallest absolute Gasteiger partial charge is 0.383 e. The molecule has 0 amide bonds. The van der Waals surface area contributed by atoms with E-state index in [0.29, 0.717) is 0 Å². The largest absolute Gasteiger partial charge is 0.432 e. The van der Waals surface area contributed by atoms with Crippen molar-refractivity contribution in [2.24, 2.45) is 0 Å². The van der Waals surface area contributed by atoms with Crippen LogP contribution in [0.5, 0.6) is 0 Å². The molecule has 0 heterocycles. The topological polar surface area (TPSA) is 18.5 Å². The Morgan fingerprint density at radius 1 is 1.18 bits per heavy atom. The van der Waals surface area contributed by atoms with Gasteiger partial charge in [-0.1, -0.05) is 31.9 Å². The Labute approximate surface area is 91.8 Å². The van der Waals surface area contributed by atoms with Crippen molar-refractivity contribution in [1.29, 1.82) is 0 Å². The summed E-state index contributed by atoms with van der Waals surface area (Å²) < 4.78 is 9.70. The van der Waals surface area contributed by atoms with Crippen LogP contribution >= 0.6 is 48.9 Å². The number of rotatable bonds is 4. The van der Waals surface area contributed by atoms with Crippen molar-refractivity contribution >= 4 is 60.8 Å². The van der Waals surface area contributed by atoms with E-state index in [4.69, 9.17) is 32.1 Å². The van der Waals surface area contributed by atoms with Gasteiger partial charge >= 0.3 is 5.84 Å². The van der Waals surface area contributed by atoms with Crippen LogP contribution in [0.25, 0.3) is 0 Å². The number of hydrogen-bond acceptors (Lipinski definition) is 3. The van der Waals surface area contributed by atoms with E-state index in [9.17, 15) is 0 Å². The lowest BCUT2D eigenvalue weighted by molar-refractivity contribution is 0.423. The molecule has 2 nitrogen and oxygen atoms in total. The minimum atomic E-state index is -2.65. The summed E-state index contributed by atoms with van der Waals surface area (Å²) in [5.74, 6) is -2.65. The van der Waals surface area contributed by atoms with Gasteiger partial charge in [0.15, 0.2) is 0 Å². The fraction of sp³-hybridized carbons (Fsp3) is 0. The van der Waals surface area contributed by atoms with Crippen LogP contribution in [0.2, 0.25) is 0 Å². The molecule has 64 valence electrons. The molecular formula is C4H4Br2ClO2PS. The normalized spacial score (nSPS) is 17.0. The zero-order valence-electron chi connectivity index (χ0n) is 5.12. The third kappa shape index (κ3) is 7.34. The van der Waals surface area contributed by atoms with E-state index >= 15 is 0 Å². The first-order valence-electron chi connectivity index (χ1n) is 2.29. The van der Waals surface area contributed by atoms with Crippen molar-refractivity contribution in [3.05, 3.63) is 22.5 Å². The van der Waals surface area contributed by atoms with Crippen molar-refractivity contribution in [3.8, 4) is 0 Å². The molecule has 0 spiro atoms. The minimum Gasteiger partial charge on any atom is -0.432 e. The second-order valence-corrected chi connectivity index (χ2v) is 6.88. The zero-order valence-corrected chi connectivity index (χ0v) is 10.8. The van der Waals surface area contributed by atoms with Crippen LogP contribution in [-0.4, -0.2) is 0 Å². The Morgan fingerprint density at radius 2 is 1.55 bits per heavy atom. The molecule has 0 aliphatic rings. The Hall–Kier alpha value is 0.980. The molecule has 0 atom stereocenters. The van der Waals surface area contributed by atoms with Crippen molar-refractivity contribution in [2.75, 3.05) is 0 Å². The first kappa shape index (κ1) is 12.0. The predicted octanol–water partition coefficient (Wildman–Crippen LogP) is 4.22. The lowest BCUT2D eigenvalue weighted by atomic mass is 11.2. The maximum absolute atomic E-state index is 5.63. The minimum absolute atomic E-state index is 1.33. The second kappa shape index (κ2) is 6.49. The average molecular weight is 342 g/mol. The van der Waals surface area contributed by atoms with Gasteiger partial charge in [-0.25, -0.2) is 0 Å². The molecule has 0 saturated heterocycles. The van der Waals surface area contributed by atoms with E-state index < -0.39 is 5.84 Å². The van der Waals surface area contributed by atoms with Crippen LogP contribution in [0.3, 0.4) is 0 Å². The lowest BCUT2D eigenvalue weighted by Crippen LogP contribution is -1.75. The standard InChI is InChI=1S/C4H4Br2ClO2PS/c5-1-3-8-10(7,11)9-4-2-6/h1-4H. The molecule has 0 bridgehead atoms. The molecule has 0 aliphatic carbocycles. The van der Waals surface area contributed by atoms with Gasteiger partial charge in [0.1, 0.15) is 0 Å². The van der Waals surface area contributed by atoms with Crippen LogP contribution in [0.4, 0.5) is 0 Å². The van der Waals surface area contributed by atoms with Gasteiger partial charge in [-0.05, 0) is 11.2 Å². The predicted molar refractivity (Wildman–Crippen MR) is 58.4 cm³/mol. The highest BCUT2D eigenvalue weighted by Crippen LogP contribution is 2.54. The van der Waals surface area contributed by atoms with E-state index in [0.717, 1.165) is 0 Å². The van der Waals surface area contributed by atoms with E-state index in [1.54, 1.807) is 0 Å². The highest BCUT2D eigenvalue weighted by molar-refractivity contribution is 9.11. The molecule has 0 rings (SSSR count). The summed E-state index contributed by atoms with van der Waals surface area (Å²) >= 11 is 16.4. The molecule has 0 saturated carbocycles. The highest BCUT2D eigenvalue weighted by atomic mass is 79.9. The SMILES string of the molecule is S=P(Cl)(OC=CBr)OC=CBr. The monoisotopic (exact) mass is 340 g/mol. The fourth-order valence-corrected chi connectivity index (χ4v) is 1.80. The van der Waals surface area contributed by atoms with Crippen molar-refractivity contribution in [2.45, 2.75) is 0 Å². The Bertz CT molecular complexity index is 190. The van der Waals surface area contributed by atoms with Crippen LogP contribution in [0.15, 0.2) is 22.5 Å². The molecule has 0 aromatic heterocycles. The first-order valence-corrected chi connectivity index (χ1v) is 7.67. The van der Waals surface area contributed by atoms with Gasteiger partial charge in [-0.3, -0.25) is 0 Å². The number of hydrogen-bond donors (Lipinski definition) is 0. The molecule has 0 aromatic rings. The third-order valence-electron chi connectivity index (χ3n) is 0.476. The Morgan fingerprint density at radius 3 is 1.82 bits per heavy atom. The molecule has 7 heteroatoms. The zero-order chi connectivity index (χ0) is 8.74. The van der Waals surface area contributed by atoms with Crippen molar-refractivity contribution < 1.29 is 9.05 Å². The van der Waals surface area contributed by atoms with E-state index in [1.165, 1.54) is 22.5 Å². The first-order chi connectivity index (χ1) is 5.12. The summed E-state index contributed by atoms with van der Waals surface area (Å²) in [6, 6.07) is 0. The molecule has 0 radical (unpaired) electrons. The van der Waals surface area contributed by atoms with Crippen molar-refractivity contribution in [1.82, 2.24) is 0 Å². The van der Waals surface area contributed by atoms with Gasteiger partial charge in [0, 0.05) is 21.8 Å². The van der Waals surface area contributed by atoms with Gasteiger partial charge in [-0.2, -0.15) is 0 Å². The summed E-state index contributed by atoms with van der Waals surface area (Å²) in [6.07, 6.45) is 2.66. The summed E-state index contributed by atoms with van der Waals surface area (Å²) in [6.45, 7) is 0. The van der Waals surface area contributed by atoms with Crippen LogP contribution in [0, 0.1) is 0 Å². The van der Waals surface area contributed by atoms with Crippen LogP contribution in [0.1, 0.15) is 0 Å². The highest BCUT2D eigenvalue weighted by Gasteiger charge is 2.12. The molecule has 0 aromatic carbocycles. The van der Waals surface area contributed by atoms with E-state index in [2.05, 4.69) is 31.9 Å². The third-order valence-corrected chi connectivity index (χ3v) is 2.65. The Kier molecular flexibility index (Phi) is 7.07. The van der Waals surface area contributed by atoms with Gasteiger partial charge in [-0.15, -0.1) is 0 Å². The quantitative estimate of drug-likeness (QED) is 0.563.